The normalized spacial score (nSPS) is 10.0. The van der Waals surface area contributed by atoms with E-state index in [1.807, 2.05) is 0 Å². The number of nitrogens with zero attached hydrogens (tertiary/aromatic N) is 1. The van der Waals surface area contributed by atoms with Gasteiger partial charge in [0.15, 0.2) is 5.75 Å². The molecule has 0 atom stereocenters. The predicted octanol–water partition coefficient (Wildman–Crippen LogP) is 3.00. The molecule has 2 rings (SSSR count). The van der Waals surface area contributed by atoms with Crippen LogP contribution in [0.2, 0.25) is 0 Å². The molecule has 0 radical (unpaired) electrons. The van der Waals surface area contributed by atoms with E-state index in [1.165, 1.54) is 26.4 Å². The lowest BCUT2D eigenvalue weighted by atomic mass is 10.1. The third-order valence-corrected chi connectivity index (χ3v) is 3.19. The smallest absolute Gasteiger partial charge is 0.314 e. The fourth-order valence-corrected chi connectivity index (χ4v) is 2.03. The Kier molecular flexibility index (Phi) is 5.14. The largest absolute Gasteiger partial charge is 0.496 e. The summed E-state index contributed by atoms with van der Waals surface area (Å²) in [4.78, 5) is 21.4. The van der Waals surface area contributed by atoms with Crippen LogP contribution >= 0.6 is 0 Å². The topological polar surface area (TPSA) is 87.9 Å². The lowest BCUT2D eigenvalue weighted by Crippen LogP contribution is -2.02. The fraction of sp³-hybridized carbons (Fsp3) is 0.188. The second-order valence-corrected chi connectivity index (χ2v) is 4.57. The van der Waals surface area contributed by atoms with Crippen molar-refractivity contribution in [3.63, 3.8) is 0 Å². The van der Waals surface area contributed by atoms with Crippen LogP contribution in [0.3, 0.4) is 0 Å². The molecule has 0 aromatic heterocycles. The van der Waals surface area contributed by atoms with Gasteiger partial charge < -0.3 is 14.2 Å². The van der Waals surface area contributed by atoms with E-state index >= 15 is 0 Å². The summed E-state index contributed by atoms with van der Waals surface area (Å²) in [5, 5.41) is 11.1. The zero-order valence-corrected chi connectivity index (χ0v) is 12.6. The van der Waals surface area contributed by atoms with E-state index in [0.29, 0.717) is 28.9 Å². The highest BCUT2D eigenvalue weighted by atomic mass is 16.6. The molecule has 0 aliphatic rings. The van der Waals surface area contributed by atoms with Crippen molar-refractivity contribution in [2.45, 2.75) is 6.61 Å². The number of nitro groups is 1. The standard InChI is InChI=1S/C16H15NO6/c1-21-13-4-6-16(14(8-13)17(19)20)23-10-12-7-11(9-18)3-5-15(12)22-2/h3-9H,10H2,1-2H3. The van der Waals surface area contributed by atoms with Crippen molar-refractivity contribution < 1.29 is 23.9 Å². The molecule has 0 fully saturated rings. The van der Waals surface area contributed by atoms with Gasteiger partial charge in [-0.25, -0.2) is 0 Å². The molecule has 7 heteroatoms. The second-order valence-electron chi connectivity index (χ2n) is 4.57. The second kappa shape index (κ2) is 7.26. The van der Waals surface area contributed by atoms with Crippen molar-refractivity contribution >= 4 is 12.0 Å². The minimum atomic E-state index is -0.545. The minimum absolute atomic E-state index is 0.0258. The molecule has 7 nitrogen and oxygen atoms in total. The number of ether oxygens (including phenoxy) is 3. The fourth-order valence-electron chi connectivity index (χ4n) is 2.03. The molecule has 0 saturated carbocycles. The van der Waals surface area contributed by atoms with E-state index in [9.17, 15) is 14.9 Å². The Morgan fingerprint density at radius 3 is 2.43 bits per heavy atom. The predicted molar refractivity (Wildman–Crippen MR) is 82.4 cm³/mol. The van der Waals surface area contributed by atoms with Crippen LogP contribution < -0.4 is 14.2 Å². The first-order chi connectivity index (χ1) is 11.1. The van der Waals surface area contributed by atoms with Crippen LogP contribution in [0.5, 0.6) is 17.2 Å². The quantitative estimate of drug-likeness (QED) is 0.443. The molecule has 0 amide bonds. The lowest BCUT2D eigenvalue weighted by Gasteiger charge is -2.11. The van der Waals surface area contributed by atoms with Gasteiger partial charge in [0.05, 0.1) is 25.2 Å². The van der Waals surface area contributed by atoms with Crippen molar-refractivity contribution in [2.24, 2.45) is 0 Å². The SMILES string of the molecule is COc1ccc(OCc2cc(C=O)ccc2OC)c([N+](=O)[O-])c1. The molecule has 0 aliphatic carbocycles. The van der Waals surface area contributed by atoms with Crippen molar-refractivity contribution in [3.05, 3.63) is 57.6 Å². The Morgan fingerprint density at radius 1 is 1.09 bits per heavy atom. The van der Waals surface area contributed by atoms with Gasteiger partial charge in [-0.3, -0.25) is 14.9 Å². The Hall–Kier alpha value is -3.09. The van der Waals surface area contributed by atoms with Crippen LogP contribution in [0.1, 0.15) is 15.9 Å². The molecule has 0 bridgehead atoms. The van der Waals surface area contributed by atoms with Crippen LogP contribution in [0.25, 0.3) is 0 Å². The number of nitro benzene ring substituents is 1. The number of methoxy groups -OCH3 is 2. The first-order valence-corrected chi connectivity index (χ1v) is 6.66. The number of carbonyl (C=O) groups excluding carboxylic acids is 1. The average Bonchev–Trinajstić information content (AvgIpc) is 2.59. The maximum atomic E-state index is 11.1. The van der Waals surface area contributed by atoms with Crippen molar-refractivity contribution in [2.75, 3.05) is 14.2 Å². The Morgan fingerprint density at radius 2 is 1.83 bits per heavy atom. The van der Waals surface area contributed by atoms with Crippen molar-refractivity contribution in [1.82, 2.24) is 0 Å². The molecular formula is C16H15NO6. The van der Waals surface area contributed by atoms with Crippen LogP contribution in [0, 0.1) is 10.1 Å². The number of aldehydes is 1. The van der Waals surface area contributed by atoms with Gasteiger partial charge in [-0.1, -0.05) is 0 Å². The summed E-state index contributed by atoms with van der Waals surface area (Å²) < 4.78 is 15.7. The summed E-state index contributed by atoms with van der Waals surface area (Å²) in [7, 11) is 2.92. The Labute approximate surface area is 132 Å². The van der Waals surface area contributed by atoms with Crippen LogP contribution in [-0.2, 0) is 6.61 Å². The minimum Gasteiger partial charge on any atom is -0.496 e. The highest BCUT2D eigenvalue weighted by Crippen LogP contribution is 2.32. The number of hydrogen-bond acceptors (Lipinski definition) is 6. The van der Waals surface area contributed by atoms with E-state index < -0.39 is 4.92 Å². The Balaban J connectivity index is 2.27. The van der Waals surface area contributed by atoms with E-state index in [2.05, 4.69) is 0 Å². The van der Waals surface area contributed by atoms with Gasteiger partial charge in [0.25, 0.3) is 0 Å². The molecule has 0 aliphatic heterocycles. The van der Waals surface area contributed by atoms with Crippen LogP contribution in [0.4, 0.5) is 5.69 Å². The zero-order valence-electron chi connectivity index (χ0n) is 12.6. The van der Waals surface area contributed by atoms with Gasteiger partial charge in [0.1, 0.15) is 24.4 Å². The van der Waals surface area contributed by atoms with Crippen LogP contribution in [-0.4, -0.2) is 25.4 Å². The summed E-state index contributed by atoms with van der Waals surface area (Å²) in [6, 6.07) is 9.19. The third-order valence-electron chi connectivity index (χ3n) is 3.19. The number of hydrogen-bond donors (Lipinski definition) is 0. The zero-order chi connectivity index (χ0) is 16.8. The van der Waals surface area contributed by atoms with Gasteiger partial charge in [0, 0.05) is 11.1 Å². The van der Waals surface area contributed by atoms with E-state index in [1.54, 1.807) is 24.3 Å². The van der Waals surface area contributed by atoms with Gasteiger partial charge in [-0.15, -0.1) is 0 Å². The molecule has 0 heterocycles. The first-order valence-electron chi connectivity index (χ1n) is 6.66. The van der Waals surface area contributed by atoms with Gasteiger partial charge in [-0.2, -0.15) is 0 Å². The summed E-state index contributed by atoms with van der Waals surface area (Å²) in [5.41, 5.74) is 0.880. The van der Waals surface area contributed by atoms with Gasteiger partial charge in [-0.05, 0) is 30.3 Å². The summed E-state index contributed by atoms with van der Waals surface area (Å²) >= 11 is 0. The van der Waals surface area contributed by atoms with Crippen molar-refractivity contribution in [3.8, 4) is 17.2 Å². The monoisotopic (exact) mass is 317 g/mol. The molecule has 23 heavy (non-hydrogen) atoms. The highest BCUT2D eigenvalue weighted by Gasteiger charge is 2.17. The maximum Gasteiger partial charge on any atom is 0.314 e. The summed E-state index contributed by atoms with van der Waals surface area (Å²) in [6.45, 7) is 0.0258. The molecular weight excluding hydrogens is 302 g/mol. The highest BCUT2D eigenvalue weighted by molar-refractivity contribution is 5.75. The average molecular weight is 317 g/mol. The molecule has 0 spiro atoms. The lowest BCUT2D eigenvalue weighted by molar-refractivity contribution is -0.386. The Bertz CT molecular complexity index is 729. The van der Waals surface area contributed by atoms with E-state index in [0.717, 1.165) is 0 Å². The van der Waals surface area contributed by atoms with Crippen LogP contribution in [0.15, 0.2) is 36.4 Å². The molecule has 0 N–H and O–H groups in total. The van der Waals surface area contributed by atoms with Gasteiger partial charge >= 0.3 is 5.69 Å². The van der Waals surface area contributed by atoms with Gasteiger partial charge in [0.2, 0.25) is 0 Å². The molecule has 120 valence electrons. The van der Waals surface area contributed by atoms with Crippen molar-refractivity contribution in [1.29, 1.82) is 0 Å². The molecule has 2 aromatic carbocycles. The summed E-state index contributed by atoms with van der Waals surface area (Å²) in [6.07, 6.45) is 0.707. The number of benzene rings is 2. The number of carbonyl (C=O) groups is 1. The maximum absolute atomic E-state index is 11.1. The first kappa shape index (κ1) is 16.3. The number of rotatable bonds is 7. The molecule has 0 unspecified atom stereocenters. The summed E-state index contributed by atoms with van der Waals surface area (Å²) in [5.74, 6) is 1.01. The molecule has 2 aromatic rings. The van der Waals surface area contributed by atoms with E-state index in [-0.39, 0.29) is 18.0 Å². The molecule has 0 saturated heterocycles. The third kappa shape index (κ3) is 3.76. The van der Waals surface area contributed by atoms with E-state index in [4.69, 9.17) is 14.2 Å².